The van der Waals surface area contributed by atoms with Crippen molar-refractivity contribution in [2.45, 2.75) is 0 Å². The van der Waals surface area contributed by atoms with Crippen LogP contribution in [0.4, 0.5) is 0 Å². The number of benzene rings is 2. The van der Waals surface area contributed by atoms with Crippen molar-refractivity contribution in [3.05, 3.63) is 47.5 Å². The van der Waals surface area contributed by atoms with Crippen LogP contribution in [0.3, 0.4) is 0 Å². The van der Waals surface area contributed by atoms with Gasteiger partial charge in [-0.15, -0.1) is 0 Å². The molecular formula is C20H22O5. The Morgan fingerprint density at radius 2 is 1.24 bits per heavy atom. The minimum absolute atomic E-state index is 0.542. The predicted octanol–water partition coefficient (Wildman–Crippen LogP) is 3.66. The van der Waals surface area contributed by atoms with E-state index in [2.05, 4.69) is 0 Å². The SMILES string of the molecule is COc1ccc(C2=C(c3cc(OC)c(OC)c(OC)c3)COC2)cc1. The Hall–Kier alpha value is -2.66. The summed E-state index contributed by atoms with van der Waals surface area (Å²) in [5, 5.41) is 0. The standard InChI is InChI=1S/C20H22O5/c1-21-15-7-5-13(6-8-15)16-11-25-12-17(16)14-9-18(22-2)20(24-4)19(10-14)23-3/h5-10H,11-12H2,1-4H3. The van der Waals surface area contributed by atoms with E-state index >= 15 is 0 Å². The number of hydrogen-bond donors (Lipinski definition) is 0. The molecule has 0 bridgehead atoms. The molecule has 0 spiro atoms. The van der Waals surface area contributed by atoms with Gasteiger partial charge in [0, 0.05) is 0 Å². The maximum atomic E-state index is 5.72. The van der Waals surface area contributed by atoms with Crippen LogP contribution >= 0.6 is 0 Å². The average molecular weight is 342 g/mol. The molecule has 5 heteroatoms. The Morgan fingerprint density at radius 3 is 1.72 bits per heavy atom. The van der Waals surface area contributed by atoms with Gasteiger partial charge in [0.2, 0.25) is 5.75 Å². The molecule has 132 valence electrons. The van der Waals surface area contributed by atoms with Gasteiger partial charge in [-0.25, -0.2) is 0 Å². The van der Waals surface area contributed by atoms with Gasteiger partial charge in [0.15, 0.2) is 11.5 Å². The fourth-order valence-corrected chi connectivity index (χ4v) is 2.99. The number of rotatable bonds is 6. The third-order valence-electron chi connectivity index (χ3n) is 4.31. The van der Waals surface area contributed by atoms with Crippen molar-refractivity contribution >= 4 is 11.1 Å². The fourth-order valence-electron chi connectivity index (χ4n) is 2.99. The van der Waals surface area contributed by atoms with Crippen LogP contribution in [0.15, 0.2) is 36.4 Å². The van der Waals surface area contributed by atoms with Crippen molar-refractivity contribution in [3.63, 3.8) is 0 Å². The van der Waals surface area contributed by atoms with Crippen molar-refractivity contribution in [1.29, 1.82) is 0 Å². The highest BCUT2D eigenvalue weighted by Crippen LogP contribution is 2.42. The zero-order chi connectivity index (χ0) is 17.8. The summed E-state index contributed by atoms with van der Waals surface area (Å²) < 4.78 is 27.3. The summed E-state index contributed by atoms with van der Waals surface area (Å²) in [6.45, 7) is 1.11. The van der Waals surface area contributed by atoms with Crippen molar-refractivity contribution in [1.82, 2.24) is 0 Å². The molecule has 25 heavy (non-hydrogen) atoms. The molecule has 0 aromatic heterocycles. The van der Waals surface area contributed by atoms with Crippen LogP contribution in [0.2, 0.25) is 0 Å². The molecule has 1 aliphatic rings. The molecule has 1 aliphatic heterocycles. The van der Waals surface area contributed by atoms with Crippen LogP contribution in [-0.4, -0.2) is 41.7 Å². The number of hydrogen-bond acceptors (Lipinski definition) is 5. The monoisotopic (exact) mass is 342 g/mol. The summed E-state index contributed by atoms with van der Waals surface area (Å²) in [6.07, 6.45) is 0. The van der Waals surface area contributed by atoms with Crippen LogP contribution in [0.1, 0.15) is 11.1 Å². The lowest BCUT2D eigenvalue weighted by atomic mass is 9.96. The van der Waals surface area contributed by atoms with Crippen molar-refractivity contribution in [2.24, 2.45) is 0 Å². The molecule has 0 atom stereocenters. The van der Waals surface area contributed by atoms with Crippen molar-refractivity contribution in [3.8, 4) is 23.0 Å². The quantitative estimate of drug-likeness (QED) is 0.802. The Labute approximate surface area is 147 Å². The van der Waals surface area contributed by atoms with Crippen molar-refractivity contribution in [2.75, 3.05) is 41.7 Å². The van der Waals surface area contributed by atoms with E-state index in [1.165, 1.54) is 0 Å². The number of ether oxygens (including phenoxy) is 5. The lowest BCUT2D eigenvalue weighted by molar-refractivity contribution is 0.219. The van der Waals surface area contributed by atoms with E-state index in [4.69, 9.17) is 23.7 Å². The van der Waals surface area contributed by atoms with Crippen molar-refractivity contribution < 1.29 is 23.7 Å². The topological polar surface area (TPSA) is 46.2 Å². The molecule has 0 N–H and O–H groups in total. The summed E-state index contributed by atoms with van der Waals surface area (Å²) in [4.78, 5) is 0. The molecule has 0 radical (unpaired) electrons. The Balaban J connectivity index is 2.09. The third-order valence-corrected chi connectivity index (χ3v) is 4.31. The van der Waals surface area contributed by atoms with E-state index < -0.39 is 0 Å². The van der Waals surface area contributed by atoms with Gasteiger partial charge in [0.25, 0.3) is 0 Å². The second-order valence-electron chi connectivity index (χ2n) is 5.59. The molecular weight excluding hydrogens is 320 g/mol. The zero-order valence-corrected chi connectivity index (χ0v) is 14.9. The summed E-state index contributed by atoms with van der Waals surface area (Å²) >= 11 is 0. The molecule has 2 aromatic rings. The highest BCUT2D eigenvalue weighted by molar-refractivity contribution is 5.94. The molecule has 0 aliphatic carbocycles. The van der Waals surface area contributed by atoms with Gasteiger partial charge >= 0.3 is 0 Å². The highest BCUT2D eigenvalue weighted by atomic mass is 16.5. The van der Waals surface area contributed by atoms with E-state index in [9.17, 15) is 0 Å². The third kappa shape index (κ3) is 3.28. The molecule has 0 saturated heterocycles. The maximum absolute atomic E-state index is 5.72. The fraction of sp³-hybridized carbons (Fsp3) is 0.300. The summed E-state index contributed by atoms with van der Waals surface area (Å²) in [5.74, 6) is 2.67. The Kier molecular flexibility index (Phi) is 5.14. The minimum Gasteiger partial charge on any atom is -0.497 e. The first-order valence-corrected chi connectivity index (χ1v) is 7.96. The highest BCUT2D eigenvalue weighted by Gasteiger charge is 2.22. The average Bonchev–Trinajstić information content (AvgIpc) is 3.16. The summed E-state index contributed by atoms with van der Waals surface area (Å²) in [6, 6.07) is 11.9. The first kappa shape index (κ1) is 17.2. The molecule has 1 heterocycles. The van der Waals surface area contributed by atoms with Gasteiger partial charge in [0.05, 0.1) is 41.7 Å². The van der Waals surface area contributed by atoms with Gasteiger partial charge < -0.3 is 23.7 Å². The van der Waals surface area contributed by atoms with Gasteiger partial charge in [0.1, 0.15) is 5.75 Å². The van der Waals surface area contributed by atoms with Gasteiger partial charge in [-0.2, -0.15) is 0 Å². The maximum Gasteiger partial charge on any atom is 0.203 e. The van der Waals surface area contributed by atoms with Gasteiger partial charge in [-0.05, 0) is 46.5 Å². The smallest absolute Gasteiger partial charge is 0.203 e. The van der Waals surface area contributed by atoms with E-state index in [1.54, 1.807) is 28.4 Å². The second-order valence-corrected chi connectivity index (χ2v) is 5.59. The Bertz CT molecular complexity index is 752. The molecule has 2 aromatic carbocycles. The van der Waals surface area contributed by atoms with Crippen LogP contribution in [0.5, 0.6) is 23.0 Å². The largest absolute Gasteiger partial charge is 0.497 e. The molecule has 3 rings (SSSR count). The molecule has 0 amide bonds. The van der Waals surface area contributed by atoms with E-state index in [0.717, 1.165) is 28.0 Å². The van der Waals surface area contributed by atoms with Gasteiger partial charge in [-0.1, -0.05) is 12.1 Å². The predicted molar refractivity (Wildman–Crippen MR) is 96.7 cm³/mol. The van der Waals surface area contributed by atoms with Crippen LogP contribution < -0.4 is 18.9 Å². The first-order valence-electron chi connectivity index (χ1n) is 7.96. The van der Waals surface area contributed by atoms with Crippen LogP contribution in [-0.2, 0) is 4.74 Å². The van der Waals surface area contributed by atoms with Crippen LogP contribution in [0, 0.1) is 0 Å². The molecule has 0 saturated carbocycles. The van der Waals surface area contributed by atoms with Gasteiger partial charge in [-0.3, -0.25) is 0 Å². The first-order chi connectivity index (χ1) is 12.2. The van der Waals surface area contributed by atoms with Crippen LogP contribution in [0.25, 0.3) is 11.1 Å². The normalized spacial score (nSPS) is 13.8. The lowest BCUT2D eigenvalue weighted by Crippen LogP contribution is -1.98. The Morgan fingerprint density at radius 1 is 0.680 bits per heavy atom. The summed E-state index contributed by atoms with van der Waals surface area (Å²) in [7, 11) is 6.49. The molecule has 5 nitrogen and oxygen atoms in total. The summed E-state index contributed by atoms with van der Waals surface area (Å²) in [5.41, 5.74) is 4.38. The second kappa shape index (κ2) is 7.49. The molecule has 0 unspecified atom stereocenters. The van der Waals surface area contributed by atoms with E-state index in [1.807, 2.05) is 36.4 Å². The number of methoxy groups -OCH3 is 4. The lowest BCUT2D eigenvalue weighted by Gasteiger charge is -2.15. The van der Waals surface area contributed by atoms with E-state index in [-0.39, 0.29) is 0 Å². The minimum atomic E-state index is 0.542. The molecule has 0 fully saturated rings. The van der Waals surface area contributed by atoms with E-state index in [0.29, 0.717) is 30.5 Å². The zero-order valence-electron chi connectivity index (χ0n) is 14.9.